The molecule has 2 N–H and O–H groups in total. The van der Waals surface area contributed by atoms with Crippen molar-refractivity contribution in [3.05, 3.63) is 23.8 Å². The minimum Gasteiger partial charge on any atom is -0.371 e. The van der Waals surface area contributed by atoms with E-state index in [9.17, 15) is 23.1 Å². The average Bonchev–Trinajstić information content (AvgIpc) is 2.97. The second-order valence-corrected chi connectivity index (χ2v) is 5.09. The highest BCUT2D eigenvalue weighted by Crippen LogP contribution is 2.47. The number of aliphatic hydroxyl groups is 1. The molecule has 3 rings (SSSR count). The summed E-state index contributed by atoms with van der Waals surface area (Å²) in [6, 6.07) is 4.18. The fourth-order valence-electron chi connectivity index (χ4n) is 2.74. The lowest BCUT2D eigenvalue weighted by atomic mass is 9.94. The lowest BCUT2D eigenvalue weighted by Crippen LogP contribution is -2.47. The van der Waals surface area contributed by atoms with Crippen LogP contribution in [0.3, 0.4) is 0 Å². The minimum absolute atomic E-state index is 0.0271. The maximum absolute atomic E-state index is 13.0. The Bertz CT molecular complexity index is 567. The van der Waals surface area contributed by atoms with Gasteiger partial charge < -0.3 is 15.3 Å². The van der Waals surface area contributed by atoms with E-state index in [-0.39, 0.29) is 5.69 Å². The van der Waals surface area contributed by atoms with Crippen LogP contribution in [0.2, 0.25) is 0 Å². The van der Waals surface area contributed by atoms with Crippen LogP contribution in [0.1, 0.15) is 18.4 Å². The zero-order chi connectivity index (χ0) is 14.5. The van der Waals surface area contributed by atoms with Gasteiger partial charge in [0.2, 0.25) is 0 Å². The number of fused-ring (bicyclic) bond motifs is 1. The summed E-state index contributed by atoms with van der Waals surface area (Å²) in [6.07, 6.45) is -2.97. The van der Waals surface area contributed by atoms with Crippen molar-refractivity contribution in [1.29, 1.82) is 0 Å². The van der Waals surface area contributed by atoms with Gasteiger partial charge in [-0.2, -0.15) is 13.2 Å². The van der Waals surface area contributed by atoms with Crippen LogP contribution in [0.4, 0.5) is 24.5 Å². The third-order valence-corrected chi connectivity index (χ3v) is 3.85. The maximum atomic E-state index is 13.0. The van der Waals surface area contributed by atoms with Gasteiger partial charge in [0.25, 0.3) is 11.5 Å². The summed E-state index contributed by atoms with van der Waals surface area (Å²) in [5.41, 5.74) is -3.10. The Kier molecular flexibility index (Phi) is 2.72. The molecule has 1 aromatic rings. The highest BCUT2D eigenvalue weighted by atomic mass is 19.4. The first kappa shape index (κ1) is 13.2. The first-order chi connectivity index (χ1) is 9.34. The van der Waals surface area contributed by atoms with Gasteiger partial charge in [-0.15, -0.1) is 0 Å². The molecule has 2 heterocycles. The summed E-state index contributed by atoms with van der Waals surface area (Å²) >= 11 is 0. The van der Waals surface area contributed by atoms with E-state index >= 15 is 0 Å². The molecule has 108 valence electrons. The van der Waals surface area contributed by atoms with E-state index in [0.29, 0.717) is 0 Å². The molecule has 0 bridgehead atoms. The summed E-state index contributed by atoms with van der Waals surface area (Å²) < 4.78 is 38.9. The number of alkyl halides is 3. The number of amides is 1. The van der Waals surface area contributed by atoms with Crippen molar-refractivity contribution in [2.75, 3.05) is 23.3 Å². The average molecular weight is 286 g/mol. The summed E-state index contributed by atoms with van der Waals surface area (Å²) in [5, 5.41) is 11.9. The molecule has 1 aromatic carbocycles. The van der Waals surface area contributed by atoms with E-state index < -0.39 is 23.2 Å². The molecule has 2 aliphatic rings. The van der Waals surface area contributed by atoms with Crippen LogP contribution < -0.4 is 10.2 Å². The lowest BCUT2D eigenvalue weighted by molar-refractivity contribution is -0.252. The summed E-state index contributed by atoms with van der Waals surface area (Å²) in [7, 11) is 0. The highest BCUT2D eigenvalue weighted by Gasteiger charge is 2.64. The molecule has 1 fully saturated rings. The van der Waals surface area contributed by atoms with Crippen LogP contribution in [-0.2, 0) is 10.4 Å². The Balaban J connectivity index is 2.03. The second-order valence-electron chi connectivity index (χ2n) is 5.09. The quantitative estimate of drug-likeness (QED) is 0.830. The van der Waals surface area contributed by atoms with Crippen molar-refractivity contribution >= 4 is 17.3 Å². The monoisotopic (exact) mass is 286 g/mol. The highest BCUT2D eigenvalue weighted by molar-refractivity contribution is 6.06. The number of nitrogens with one attached hydrogen (secondary N) is 1. The van der Waals surface area contributed by atoms with Crippen molar-refractivity contribution in [3.63, 3.8) is 0 Å². The molecule has 1 amide bonds. The van der Waals surface area contributed by atoms with Crippen LogP contribution in [0, 0.1) is 0 Å². The van der Waals surface area contributed by atoms with Gasteiger partial charge in [0.15, 0.2) is 0 Å². The molecule has 0 aromatic heterocycles. The van der Waals surface area contributed by atoms with Crippen LogP contribution in [0.25, 0.3) is 0 Å². The first-order valence-electron chi connectivity index (χ1n) is 6.34. The van der Waals surface area contributed by atoms with Gasteiger partial charge in [-0.3, -0.25) is 4.79 Å². The Morgan fingerprint density at radius 2 is 1.90 bits per heavy atom. The Morgan fingerprint density at radius 1 is 1.25 bits per heavy atom. The number of halogens is 3. The molecule has 0 saturated carbocycles. The summed E-state index contributed by atoms with van der Waals surface area (Å²) in [5.74, 6) is -1.45. The number of rotatable bonds is 1. The number of hydrogen-bond acceptors (Lipinski definition) is 3. The molecular formula is C13H13F3N2O2. The van der Waals surface area contributed by atoms with Crippen LogP contribution >= 0.6 is 0 Å². The fourth-order valence-corrected chi connectivity index (χ4v) is 2.74. The molecule has 0 aliphatic carbocycles. The number of carbonyl (C=O) groups excluding carboxylic acids is 1. The standard InChI is InChI=1S/C13H13F3N2O2/c14-13(15,16)12(20)9-4-3-8(18-5-1-2-6-18)7-10(9)17-11(12)19/h3-4,7,20H,1-2,5-6H2,(H,17,19). The van der Waals surface area contributed by atoms with Crippen molar-refractivity contribution in [3.8, 4) is 0 Å². The van der Waals surface area contributed by atoms with E-state index in [4.69, 9.17) is 0 Å². The van der Waals surface area contributed by atoms with E-state index in [1.165, 1.54) is 18.2 Å². The van der Waals surface area contributed by atoms with Crippen molar-refractivity contribution in [2.24, 2.45) is 0 Å². The van der Waals surface area contributed by atoms with Crippen molar-refractivity contribution in [2.45, 2.75) is 24.6 Å². The predicted octanol–water partition coefficient (Wildman–Crippen LogP) is 1.99. The first-order valence-corrected chi connectivity index (χ1v) is 6.34. The van der Waals surface area contributed by atoms with Gasteiger partial charge in [0.1, 0.15) is 0 Å². The Hall–Kier alpha value is -1.76. The normalized spacial score (nSPS) is 25.8. The minimum atomic E-state index is -5.04. The van der Waals surface area contributed by atoms with E-state index in [2.05, 4.69) is 5.32 Å². The van der Waals surface area contributed by atoms with Gasteiger partial charge in [-0.05, 0) is 25.0 Å². The number of benzene rings is 1. The SMILES string of the molecule is O=C1Nc2cc(N3CCCC3)ccc2C1(O)C(F)(F)F. The lowest BCUT2D eigenvalue weighted by Gasteiger charge is -2.24. The van der Waals surface area contributed by atoms with Crippen LogP contribution in [-0.4, -0.2) is 30.3 Å². The maximum Gasteiger partial charge on any atom is 0.430 e. The molecule has 7 heteroatoms. The topological polar surface area (TPSA) is 52.6 Å². The summed E-state index contributed by atoms with van der Waals surface area (Å²) in [4.78, 5) is 13.6. The molecule has 4 nitrogen and oxygen atoms in total. The summed E-state index contributed by atoms with van der Waals surface area (Å²) in [6.45, 7) is 1.69. The molecule has 1 atom stereocenters. The Labute approximate surface area is 113 Å². The van der Waals surface area contributed by atoms with Crippen LogP contribution in [0.5, 0.6) is 0 Å². The number of hydrogen-bond donors (Lipinski definition) is 2. The third-order valence-electron chi connectivity index (χ3n) is 3.85. The molecule has 1 unspecified atom stereocenters. The number of carbonyl (C=O) groups is 1. The number of nitrogens with zero attached hydrogens (tertiary/aromatic N) is 1. The smallest absolute Gasteiger partial charge is 0.371 e. The molecule has 0 spiro atoms. The molecular weight excluding hydrogens is 273 g/mol. The molecule has 2 aliphatic heterocycles. The van der Waals surface area contributed by atoms with Gasteiger partial charge in [0.05, 0.1) is 0 Å². The zero-order valence-corrected chi connectivity index (χ0v) is 10.5. The van der Waals surface area contributed by atoms with Gasteiger partial charge in [-0.25, -0.2) is 0 Å². The largest absolute Gasteiger partial charge is 0.430 e. The van der Waals surface area contributed by atoms with Crippen molar-refractivity contribution < 1.29 is 23.1 Å². The van der Waals surface area contributed by atoms with E-state index in [0.717, 1.165) is 31.6 Å². The predicted molar refractivity (Wildman–Crippen MR) is 66.5 cm³/mol. The zero-order valence-electron chi connectivity index (χ0n) is 10.5. The number of anilines is 2. The second kappa shape index (κ2) is 4.12. The third kappa shape index (κ3) is 1.69. The molecule has 20 heavy (non-hydrogen) atoms. The Morgan fingerprint density at radius 3 is 2.50 bits per heavy atom. The fraction of sp³-hybridized carbons (Fsp3) is 0.462. The molecule has 1 saturated heterocycles. The van der Waals surface area contributed by atoms with Crippen LogP contribution in [0.15, 0.2) is 18.2 Å². The van der Waals surface area contributed by atoms with E-state index in [1.54, 1.807) is 0 Å². The van der Waals surface area contributed by atoms with E-state index in [1.807, 2.05) is 4.90 Å². The van der Waals surface area contributed by atoms with Gasteiger partial charge in [0, 0.05) is 30.0 Å². The van der Waals surface area contributed by atoms with Gasteiger partial charge >= 0.3 is 6.18 Å². The van der Waals surface area contributed by atoms with Crippen molar-refractivity contribution in [1.82, 2.24) is 0 Å². The van der Waals surface area contributed by atoms with Gasteiger partial charge in [-0.1, -0.05) is 6.07 Å². The molecule has 0 radical (unpaired) electrons.